The van der Waals surface area contributed by atoms with E-state index in [0.29, 0.717) is 24.3 Å². The Kier molecular flexibility index (Phi) is 6.73. The topological polar surface area (TPSA) is 103 Å². The highest BCUT2D eigenvalue weighted by Crippen LogP contribution is 2.06. The zero-order valence-electron chi connectivity index (χ0n) is 14.2. The van der Waals surface area contributed by atoms with Crippen molar-refractivity contribution in [1.82, 2.24) is 29.3 Å². The van der Waals surface area contributed by atoms with E-state index in [1.807, 2.05) is 14.0 Å². The van der Waals surface area contributed by atoms with E-state index in [9.17, 15) is 14.4 Å². The first-order valence-corrected chi connectivity index (χ1v) is 7.41. The standard InChI is InChI=1S/C14H22N6O3.ClH/c1-9(15-2)7-16-10(21)5-6-20-8-17-12-11(20)13(22)19(4)14(23)18(12)3;/h8-9,15H,5-7H2,1-4H3,(H,16,21);1H. The fraction of sp³-hybridized carbons (Fsp3) is 0.571. The molecule has 0 radical (unpaired) electrons. The lowest BCUT2D eigenvalue weighted by molar-refractivity contribution is -0.121. The largest absolute Gasteiger partial charge is 0.354 e. The molecule has 1 unspecified atom stereocenters. The fourth-order valence-electron chi connectivity index (χ4n) is 2.25. The van der Waals surface area contributed by atoms with Gasteiger partial charge in [0.15, 0.2) is 11.2 Å². The van der Waals surface area contributed by atoms with Crippen molar-refractivity contribution < 1.29 is 4.79 Å². The van der Waals surface area contributed by atoms with Gasteiger partial charge >= 0.3 is 5.69 Å². The van der Waals surface area contributed by atoms with Crippen LogP contribution in [0, 0.1) is 0 Å². The molecule has 0 aliphatic heterocycles. The number of hydrogen-bond acceptors (Lipinski definition) is 5. The zero-order chi connectivity index (χ0) is 17.1. The SMILES string of the molecule is CNC(C)CNC(=O)CCn1cnc2c1c(=O)n(C)c(=O)n2C.Cl. The van der Waals surface area contributed by atoms with E-state index in [0.717, 1.165) is 4.57 Å². The van der Waals surface area contributed by atoms with E-state index in [4.69, 9.17) is 0 Å². The summed E-state index contributed by atoms with van der Waals surface area (Å²) in [6, 6.07) is 0.190. The van der Waals surface area contributed by atoms with Crippen molar-refractivity contribution in [2.45, 2.75) is 25.9 Å². The van der Waals surface area contributed by atoms with Gasteiger partial charge in [0.2, 0.25) is 5.91 Å². The summed E-state index contributed by atoms with van der Waals surface area (Å²) in [5.74, 6) is -0.101. The highest BCUT2D eigenvalue weighted by atomic mass is 35.5. The quantitative estimate of drug-likeness (QED) is 0.687. The lowest BCUT2D eigenvalue weighted by atomic mass is 10.3. The average Bonchev–Trinajstić information content (AvgIpc) is 2.97. The minimum Gasteiger partial charge on any atom is -0.354 e. The van der Waals surface area contributed by atoms with Crippen molar-refractivity contribution in [3.05, 3.63) is 27.2 Å². The number of aromatic nitrogens is 4. The third kappa shape index (κ3) is 3.85. The predicted molar refractivity (Wildman–Crippen MR) is 93.6 cm³/mol. The van der Waals surface area contributed by atoms with E-state index in [-0.39, 0.29) is 30.8 Å². The van der Waals surface area contributed by atoms with Gasteiger partial charge in [-0.05, 0) is 14.0 Å². The molecule has 0 fully saturated rings. The average molecular weight is 359 g/mol. The summed E-state index contributed by atoms with van der Waals surface area (Å²) < 4.78 is 3.97. The maximum absolute atomic E-state index is 12.3. The van der Waals surface area contributed by atoms with Gasteiger partial charge in [0.05, 0.1) is 6.33 Å². The molecule has 24 heavy (non-hydrogen) atoms. The molecule has 0 saturated heterocycles. The minimum atomic E-state index is -0.424. The first kappa shape index (κ1) is 19.9. The number of nitrogens with one attached hydrogen (secondary N) is 2. The van der Waals surface area contributed by atoms with Crippen LogP contribution in [-0.2, 0) is 25.4 Å². The van der Waals surface area contributed by atoms with E-state index in [1.54, 1.807) is 11.6 Å². The molecule has 10 heteroatoms. The third-order valence-corrected chi connectivity index (χ3v) is 3.90. The molecule has 134 valence electrons. The first-order valence-electron chi connectivity index (χ1n) is 7.41. The second-order valence-corrected chi connectivity index (χ2v) is 5.56. The zero-order valence-corrected chi connectivity index (χ0v) is 15.0. The molecule has 2 N–H and O–H groups in total. The van der Waals surface area contributed by atoms with E-state index < -0.39 is 11.2 Å². The number of carbonyl (C=O) groups excluding carboxylic acids is 1. The van der Waals surface area contributed by atoms with Crippen LogP contribution in [0.25, 0.3) is 11.2 Å². The Morgan fingerprint density at radius 3 is 2.58 bits per heavy atom. The number of imidazole rings is 1. The molecule has 2 heterocycles. The number of fused-ring (bicyclic) bond motifs is 1. The second-order valence-electron chi connectivity index (χ2n) is 5.56. The molecule has 0 aliphatic carbocycles. The normalized spacial score (nSPS) is 12.0. The summed E-state index contributed by atoms with van der Waals surface area (Å²) in [5.41, 5.74) is -0.190. The number of amides is 1. The van der Waals surface area contributed by atoms with E-state index in [2.05, 4.69) is 15.6 Å². The highest BCUT2D eigenvalue weighted by molar-refractivity contribution is 5.85. The molecular formula is C14H23ClN6O3. The Bertz CT molecular complexity index is 837. The molecule has 2 aromatic heterocycles. The molecule has 0 saturated carbocycles. The van der Waals surface area contributed by atoms with Crippen LogP contribution < -0.4 is 21.9 Å². The first-order chi connectivity index (χ1) is 10.9. The maximum atomic E-state index is 12.3. The summed E-state index contributed by atoms with van der Waals surface area (Å²) in [4.78, 5) is 40.1. The highest BCUT2D eigenvalue weighted by Gasteiger charge is 2.14. The molecule has 9 nitrogen and oxygen atoms in total. The number of nitrogens with zero attached hydrogens (tertiary/aromatic N) is 4. The van der Waals surface area contributed by atoms with Gasteiger partial charge in [-0.15, -0.1) is 12.4 Å². The van der Waals surface area contributed by atoms with Gasteiger partial charge < -0.3 is 15.2 Å². The Hall–Kier alpha value is -2.13. The predicted octanol–water partition coefficient (Wildman–Crippen LogP) is -1.03. The lowest BCUT2D eigenvalue weighted by Gasteiger charge is -2.11. The smallest absolute Gasteiger partial charge is 0.332 e. The molecule has 0 aliphatic rings. The van der Waals surface area contributed by atoms with Crippen LogP contribution in [0.15, 0.2) is 15.9 Å². The molecular weight excluding hydrogens is 336 g/mol. The molecule has 0 bridgehead atoms. The van der Waals surface area contributed by atoms with Crippen LogP contribution in [0.4, 0.5) is 0 Å². The van der Waals surface area contributed by atoms with Crippen molar-refractivity contribution >= 4 is 29.5 Å². The van der Waals surface area contributed by atoms with Gasteiger partial charge in [-0.1, -0.05) is 0 Å². The Morgan fingerprint density at radius 1 is 1.29 bits per heavy atom. The Balaban J connectivity index is 0.00000288. The molecule has 2 aromatic rings. The lowest BCUT2D eigenvalue weighted by Crippen LogP contribution is -2.38. The number of aryl methyl sites for hydroxylation is 2. The number of likely N-dealkylation sites (N-methyl/N-ethyl adjacent to an activating group) is 1. The second kappa shape index (κ2) is 8.11. The van der Waals surface area contributed by atoms with Gasteiger partial charge in [0.25, 0.3) is 5.56 Å². The van der Waals surface area contributed by atoms with Gasteiger partial charge in [-0.3, -0.25) is 18.7 Å². The van der Waals surface area contributed by atoms with Gasteiger partial charge in [0.1, 0.15) is 0 Å². The van der Waals surface area contributed by atoms with Gasteiger partial charge in [-0.25, -0.2) is 9.78 Å². The molecule has 0 spiro atoms. The van der Waals surface area contributed by atoms with Crippen molar-refractivity contribution in [2.24, 2.45) is 14.1 Å². The van der Waals surface area contributed by atoms with Crippen LogP contribution in [0.2, 0.25) is 0 Å². The summed E-state index contributed by atoms with van der Waals surface area (Å²) in [6.45, 7) is 2.83. The minimum absolute atomic E-state index is 0. The van der Waals surface area contributed by atoms with Gasteiger partial charge in [0, 0.05) is 39.6 Å². The molecule has 1 amide bonds. The molecule has 1 atom stereocenters. The van der Waals surface area contributed by atoms with Crippen LogP contribution in [0.1, 0.15) is 13.3 Å². The van der Waals surface area contributed by atoms with Crippen LogP contribution >= 0.6 is 12.4 Å². The summed E-state index contributed by atoms with van der Waals surface area (Å²) >= 11 is 0. The summed E-state index contributed by atoms with van der Waals surface area (Å²) in [6.07, 6.45) is 1.71. The van der Waals surface area contributed by atoms with Crippen LogP contribution in [0.3, 0.4) is 0 Å². The number of carbonyl (C=O) groups is 1. The maximum Gasteiger partial charge on any atom is 0.332 e. The van der Waals surface area contributed by atoms with Crippen molar-refractivity contribution in [3.8, 4) is 0 Å². The van der Waals surface area contributed by atoms with Crippen molar-refractivity contribution in [3.63, 3.8) is 0 Å². The summed E-state index contributed by atoms with van der Waals surface area (Å²) in [7, 11) is 4.81. The van der Waals surface area contributed by atoms with E-state index >= 15 is 0 Å². The number of rotatable bonds is 6. The van der Waals surface area contributed by atoms with Gasteiger partial charge in [-0.2, -0.15) is 0 Å². The Morgan fingerprint density at radius 2 is 1.96 bits per heavy atom. The third-order valence-electron chi connectivity index (χ3n) is 3.90. The Labute approximate surface area is 145 Å². The molecule has 0 aromatic carbocycles. The fourth-order valence-corrected chi connectivity index (χ4v) is 2.25. The van der Waals surface area contributed by atoms with Crippen molar-refractivity contribution in [1.29, 1.82) is 0 Å². The number of hydrogen-bond donors (Lipinski definition) is 2. The molecule has 2 rings (SSSR count). The van der Waals surface area contributed by atoms with E-state index in [1.165, 1.54) is 17.9 Å². The van der Waals surface area contributed by atoms with Crippen molar-refractivity contribution in [2.75, 3.05) is 13.6 Å². The van der Waals surface area contributed by atoms with Crippen LogP contribution in [-0.4, -0.2) is 44.2 Å². The summed E-state index contributed by atoms with van der Waals surface area (Å²) in [5, 5.41) is 5.85. The monoisotopic (exact) mass is 358 g/mol. The number of halogens is 1. The van der Waals surface area contributed by atoms with Crippen LogP contribution in [0.5, 0.6) is 0 Å².